The lowest BCUT2D eigenvalue weighted by Crippen LogP contribution is -2.75. The topological polar surface area (TPSA) is 125 Å². The highest BCUT2D eigenvalue weighted by Crippen LogP contribution is 2.64. The third-order valence-electron chi connectivity index (χ3n) is 6.13. The third kappa shape index (κ3) is 7.35. The first-order valence-electron chi connectivity index (χ1n) is 12.4. The molecule has 0 heterocycles. The molecule has 0 aliphatic rings. The van der Waals surface area contributed by atoms with Gasteiger partial charge in [-0.1, -0.05) is 13.0 Å². The Labute approximate surface area is 262 Å². The first-order valence-corrected chi connectivity index (χ1v) is 13.8. The van der Waals surface area contributed by atoms with Crippen LogP contribution in [0.5, 0.6) is 0 Å². The number of hydrogen-bond acceptors (Lipinski definition) is 5. The summed E-state index contributed by atoms with van der Waals surface area (Å²) in [7, 11) is -7.57. The van der Waals surface area contributed by atoms with Crippen LogP contribution < -0.4 is 10.6 Å². The Balaban J connectivity index is 3.41. The van der Waals surface area contributed by atoms with Crippen LogP contribution in [0.3, 0.4) is 0 Å². The number of carboxylic acid groups (broad SMARTS) is 1. The number of alkyl halides is 17. The summed E-state index contributed by atoms with van der Waals surface area (Å²) in [6.07, 6.45) is -11.8. The second-order valence-electron chi connectivity index (χ2n) is 9.59. The van der Waals surface area contributed by atoms with Gasteiger partial charge in [-0.15, -0.1) is 0 Å². The van der Waals surface area contributed by atoms with Gasteiger partial charge in [-0.05, 0) is 31.0 Å². The number of anilines is 2. The van der Waals surface area contributed by atoms with Gasteiger partial charge >= 0.3 is 59.2 Å². The van der Waals surface area contributed by atoms with Gasteiger partial charge in [-0.2, -0.15) is 78.9 Å². The number of amides is 2. The van der Waals surface area contributed by atoms with E-state index in [4.69, 9.17) is 5.11 Å². The van der Waals surface area contributed by atoms with Crippen molar-refractivity contribution in [2.24, 2.45) is 0 Å². The Kier molecular flexibility index (Phi) is 12.1. The average molecular weight is 777 g/mol. The normalized spacial score (nSPS) is 14.5. The van der Waals surface area contributed by atoms with E-state index in [2.05, 4.69) is 4.74 Å². The first-order chi connectivity index (χ1) is 21.6. The number of carbonyl (C=O) groups is 2. The molecule has 0 bridgehead atoms. The fraction of sp³-hybridized carbons (Fsp3) is 0.636. The minimum atomic E-state index is -8.97. The molecular weight excluding hydrogens is 757 g/mol. The van der Waals surface area contributed by atoms with Gasteiger partial charge in [-0.25, -0.2) is 18.0 Å². The number of nitrogens with zero attached hydrogens (tertiary/aromatic N) is 1. The zero-order valence-corrected chi connectivity index (χ0v) is 24.6. The molecule has 0 saturated carbocycles. The predicted molar refractivity (Wildman–Crippen MR) is 129 cm³/mol. The van der Waals surface area contributed by atoms with E-state index in [9.17, 15) is 92.6 Å². The maximum absolute atomic E-state index is 14.6. The minimum absolute atomic E-state index is 0.105. The fourth-order valence-corrected chi connectivity index (χ4v) is 4.93. The van der Waals surface area contributed by atoms with Crippen LogP contribution in [0, 0.1) is 6.92 Å². The van der Waals surface area contributed by atoms with Gasteiger partial charge in [-0.3, -0.25) is 10.6 Å². The van der Waals surface area contributed by atoms with E-state index in [1.54, 1.807) is 0 Å². The van der Waals surface area contributed by atoms with Crippen LogP contribution in [0.4, 0.5) is 95.6 Å². The smallest absolute Gasteiger partial charge is 0.460 e. The number of rotatable bonds is 15. The van der Waals surface area contributed by atoms with Crippen LogP contribution in [0.15, 0.2) is 18.2 Å². The summed E-state index contributed by atoms with van der Waals surface area (Å²) in [6, 6.07) is 3.34. The molecule has 3 N–H and O–H groups in total. The van der Waals surface area contributed by atoms with E-state index in [0.717, 1.165) is 19.1 Å². The molecule has 1 aromatic rings. The molecule has 0 radical (unpaired) electrons. The summed E-state index contributed by atoms with van der Waals surface area (Å²) in [5.74, 6) is -52.3. The highest BCUT2D eigenvalue weighted by Gasteiger charge is 2.96. The number of benzene rings is 1. The van der Waals surface area contributed by atoms with Gasteiger partial charge in [0.1, 0.15) is 6.61 Å². The standard InChI is InChI=1S/C22H20F17N3O6S/c1-3-6-42(7-8-48-14(45)40-11-5-4-10(2)12(9-11)41-13(43)44)49(46,47)22(38,39)20(33,34)18(29,30)16(25,26)15(23,24)17(27,28)19(31,32)21(35,36)37/h4-5,9,41H,3,6-8H2,1-2H3,(H,40,45)(H,43,44). The zero-order chi connectivity index (χ0) is 39.0. The molecule has 284 valence electrons. The van der Waals surface area contributed by atoms with Gasteiger partial charge in [0.05, 0.1) is 0 Å². The number of aryl methyl sites for hydroxylation is 1. The lowest BCUT2D eigenvalue weighted by molar-refractivity contribution is -0.458. The Hall–Kier alpha value is -3.52. The summed E-state index contributed by atoms with van der Waals surface area (Å²) in [5, 5.41) is 4.83. The van der Waals surface area contributed by atoms with Gasteiger partial charge in [0.2, 0.25) is 0 Å². The highest BCUT2D eigenvalue weighted by molar-refractivity contribution is 7.90. The van der Waals surface area contributed by atoms with Crippen molar-refractivity contribution >= 4 is 33.6 Å². The van der Waals surface area contributed by atoms with E-state index < -0.39 is 99.6 Å². The lowest BCUT2D eigenvalue weighted by atomic mass is 9.91. The van der Waals surface area contributed by atoms with Crippen LogP contribution in [0.25, 0.3) is 0 Å². The molecule has 0 fully saturated rings. The Bertz CT molecular complexity index is 1490. The van der Waals surface area contributed by atoms with Crippen LogP contribution in [-0.4, -0.2) is 96.7 Å². The Morgan fingerprint density at radius 3 is 1.61 bits per heavy atom. The summed E-state index contributed by atoms with van der Waals surface area (Å²) in [4.78, 5) is 22.8. The van der Waals surface area contributed by atoms with Crippen molar-refractivity contribution in [2.75, 3.05) is 30.3 Å². The monoisotopic (exact) mass is 777 g/mol. The molecule has 0 spiro atoms. The molecule has 49 heavy (non-hydrogen) atoms. The van der Waals surface area contributed by atoms with Crippen molar-refractivity contribution in [3.8, 4) is 0 Å². The summed E-state index contributed by atoms with van der Waals surface area (Å²) >= 11 is 0. The number of nitrogens with one attached hydrogen (secondary N) is 2. The molecule has 0 aliphatic carbocycles. The largest absolute Gasteiger partial charge is 0.465 e. The SMILES string of the molecule is CCCN(CCOC(=O)Nc1ccc(C)c(NC(=O)O)c1)S(=O)(=O)C(F)(F)C(F)(F)C(F)(F)C(F)(F)C(F)(F)C(F)(F)C(F)(F)C(F)(F)F. The molecular formula is C22H20F17N3O6S. The zero-order valence-electron chi connectivity index (χ0n) is 23.8. The van der Waals surface area contributed by atoms with E-state index in [-0.39, 0.29) is 11.4 Å². The molecule has 9 nitrogen and oxygen atoms in total. The van der Waals surface area contributed by atoms with Crippen LogP contribution in [0.2, 0.25) is 0 Å². The molecule has 1 aromatic carbocycles. The average Bonchev–Trinajstić information content (AvgIpc) is 2.92. The molecule has 0 atom stereocenters. The number of carbonyl (C=O) groups excluding carboxylic acids is 1. The van der Waals surface area contributed by atoms with Crippen molar-refractivity contribution < 1.29 is 102 Å². The van der Waals surface area contributed by atoms with Gasteiger partial charge < -0.3 is 9.84 Å². The van der Waals surface area contributed by atoms with Crippen molar-refractivity contribution in [2.45, 2.75) is 67.2 Å². The molecule has 27 heteroatoms. The summed E-state index contributed by atoms with van der Waals surface area (Å²) in [5.41, 5.74) is -0.0480. The van der Waals surface area contributed by atoms with Crippen LogP contribution >= 0.6 is 0 Å². The maximum atomic E-state index is 14.6. The number of halogens is 17. The highest BCUT2D eigenvalue weighted by atomic mass is 32.2. The van der Waals surface area contributed by atoms with Gasteiger partial charge in [0.15, 0.2) is 0 Å². The Morgan fingerprint density at radius 1 is 0.735 bits per heavy atom. The molecule has 2 amide bonds. The first kappa shape index (κ1) is 43.5. The van der Waals surface area contributed by atoms with Crippen molar-refractivity contribution in [3.05, 3.63) is 23.8 Å². The summed E-state index contributed by atoms with van der Waals surface area (Å²) in [6.45, 7) is -2.36. The fourth-order valence-electron chi connectivity index (χ4n) is 3.42. The Morgan fingerprint density at radius 2 is 1.18 bits per heavy atom. The quantitative estimate of drug-likeness (QED) is 0.157. The van der Waals surface area contributed by atoms with E-state index >= 15 is 0 Å². The number of hydrogen-bond donors (Lipinski definition) is 3. The van der Waals surface area contributed by atoms with Crippen molar-refractivity contribution in [1.29, 1.82) is 0 Å². The lowest BCUT2D eigenvalue weighted by Gasteiger charge is -2.43. The molecule has 1 rings (SSSR count). The molecule has 0 unspecified atom stereocenters. The number of sulfonamides is 1. The van der Waals surface area contributed by atoms with Crippen LogP contribution in [-0.2, 0) is 14.8 Å². The maximum Gasteiger partial charge on any atom is 0.460 e. The molecule has 0 aromatic heterocycles. The molecule has 0 saturated heterocycles. The number of ether oxygens (including phenoxy) is 1. The summed E-state index contributed by atoms with van der Waals surface area (Å²) < 4.78 is 259. The van der Waals surface area contributed by atoms with E-state index in [1.807, 2.05) is 10.6 Å². The van der Waals surface area contributed by atoms with Gasteiger partial charge in [0, 0.05) is 24.5 Å². The van der Waals surface area contributed by atoms with E-state index in [1.165, 1.54) is 13.0 Å². The van der Waals surface area contributed by atoms with Crippen molar-refractivity contribution in [3.63, 3.8) is 0 Å². The third-order valence-corrected chi connectivity index (χ3v) is 8.08. The second-order valence-corrected chi connectivity index (χ2v) is 11.6. The van der Waals surface area contributed by atoms with Crippen LogP contribution in [0.1, 0.15) is 18.9 Å². The van der Waals surface area contributed by atoms with E-state index in [0.29, 0.717) is 5.56 Å². The molecule has 0 aliphatic heterocycles. The minimum Gasteiger partial charge on any atom is -0.465 e. The second kappa shape index (κ2) is 13.7. The van der Waals surface area contributed by atoms with Gasteiger partial charge in [0.25, 0.3) is 10.0 Å². The predicted octanol–water partition coefficient (Wildman–Crippen LogP) is 7.64. The van der Waals surface area contributed by atoms with Crippen molar-refractivity contribution in [1.82, 2.24) is 4.31 Å².